The molecule has 0 saturated heterocycles. The lowest BCUT2D eigenvalue weighted by Crippen LogP contribution is -2.13. The van der Waals surface area contributed by atoms with Crippen molar-refractivity contribution in [1.29, 1.82) is 0 Å². The fourth-order valence-corrected chi connectivity index (χ4v) is 3.53. The molecule has 0 atom stereocenters. The lowest BCUT2D eigenvalue weighted by molar-refractivity contribution is 0.0453. The number of rotatable bonds is 6. The van der Waals surface area contributed by atoms with E-state index in [0.717, 1.165) is 0 Å². The molecular formula is C24H16Cl2FNO3. The number of pyridine rings is 1. The highest BCUT2D eigenvalue weighted by molar-refractivity contribution is 6.35. The highest BCUT2D eigenvalue weighted by Gasteiger charge is 2.15. The molecule has 7 heteroatoms. The first-order valence-corrected chi connectivity index (χ1v) is 10.2. The fourth-order valence-electron chi connectivity index (χ4n) is 3.07. The van der Waals surface area contributed by atoms with Crippen molar-refractivity contribution < 1.29 is 18.7 Å². The predicted octanol–water partition coefficient (Wildman–Crippen LogP) is 6.58. The second-order valence-corrected chi connectivity index (χ2v) is 7.48. The first-order valence-electron chi connectivity index (χ1n) is 9.42. The van der Waals surface area contributed by atoms with Crippen molar-refractivity contribution in [3.05, 3.63) is 94.2 Å². The number of aromatic nitrogens is 1. The summed E-state index contributed by atoms with van der Waals surface area (Å²) in [5.41, 5.74) is 2.26. The van der Waals surface area contributed by atoms with Crippen LogP contribution in [0.2, 0.25) is 10.0 Å². The average molecular weight is 456 g/mol. The zero-order valence-electron chi connectivity index (χ0n) is 16.1. The number of hydrogen-bond acceptors (Lipinski definition) is 4. The fraction of sp³-hybridized carbons (Fsp3) is 0.0833. The number of benzene rings is 3. The quantitative estimate of drug-likeness (QED) is 0.243. The Bertz CT molecular complexity index is 1250. The van der Waals surface area contributed by atoms with Gasteiger partial charge in [0.15, 0.2) is 0 Å². The molecule has 4 rings (SSSR count). The molecule has 3 aromatic carbocycles. The zero-order chi connectivity index (χ0) is 21.8. The van der Waals surface area contributed by atoms with Crippen molar-refractivity contribution in [2.75, 3.05) is 13.2 Å². The maximum Gasteiger partial charge on any atom is 0.339 e. The third-order valence-electron chi connectivity index (χ3n) is 4.54. The molecule has 0 amide bonds. The van der Waals surface area contributed by atoms with Crippen LogP contribution in [0, 0.1) is 5.82 Å². The van der Waals surface area contributed by atoms with Crippen LogP contribution in [0.3, 0.4) is 0 Å². The molecule has 4 aromatic rings. The molecule has 1 aromatic heterocycles. The summed E-state index contributed by atoms with van der Waals surface area (Å²) in [6.07, 6.45) is 0. The van der Waals surface area contributed by atoms with Gasteiger partial charge in [0.25, 0.3) is 0 Å². The number of carbonyl (C=O) groups is 1. The monoisotopic (exact) mass is 455 g/mol. The van der Waals surface area contributed by atoms with E-state index in [1.807, 2.05) is 18.2 Å². The maximum absolute atomic E-state index is 13.3. The van der Waals surface area contributed by atoms with Crippen LogP contribution >= 0.6 is 23.2 Å². The van der Waals surface area contributed by atoms with Crippen LogP contribution < -0.4 is 4.74 Å². The van der Waals surface area contributed by atoms with Gasteiger partial charge in [-0.05, 0) is 54.6 Å². The molecule has 0 radical (unpaired) electrons. The van der Waals surface area contributed by atoms with Gasteiger partial charge in [-0.2, -0.15) is 0 Å². The number of para-hydroxylation sites is 1. The molecule has 0 fully saturated rings. The predicted molar refractivity (Wildman–Crippen MR) is 119 cm³/mol. The summed E-state index contributed by atoms with van der Waals surface area (Å²) in [5, 5.41) is 1.55. The van der Waals surface area contributed by atoms with E-state index in [1.54, 1.807) is 42.5 Å². The highest BCUT2D eigenvalue weighted by Crippen LogP contribution is 2.28. The van der Waals surface area contributed by atoms with Crippen molar-refractivity contribution in [3.8, 4) is 17.0 Å². The summed E-state index contributed by atoms with van der Waals surface area (Å²) in [6.45, 7) is 0.154. The van der Waals surface area contributed by atoms with E-state index in [4.69, 9.17) is 32.7 Å². The van der Waals surface area contributed by atoms with Gasteiger partial charge in [-0.1, -0.05) is 41.4 Å². The standard InChI is InChI=1S/C24H16Cl2FNO3/c25-16-7-10-23(20(26)13-16)30-11-12-31-24(29)19-14-22(15-5-8-17(27)9-6-15)28-21-4-2-1-3-18(19)21/h1-10,13-14H,11-12H2. The summed E-state index contributed by atoms with van der Waals surface area (Å²) in [5.74, 6) is -0.396. The maximum atomic E-state index is 13.3. The summed E-state index contributed by atoms with van der Waals surface area (Å²) < 4.78 is 24.2. The Morgan fingerprint density at radius 2 is 1.71 bits per heavy atom. The number of nitrogens with zero attached hydrogens (tertiary/aromatic N) is 1. The number of esters is 1. The number of carbonyl (C=O) groups excluding carboxylic acids is 1. The van der Waals surface area contributed by atoms with Crippen molar-refractivity contribution in [2.24, 2.45) is 0 Å². The van der Waals surface area contributed by atoms with Crippen LogP contribution in [0.4, 0.5) is 4.39 Å². The molecule has 0 bridgehead atoms. The average Bonchev–Trinajstić information content (AvgIpc) is 2.77. The van der Waals surface area contributed by atoms with Crippen LogP contribution in [0.25, 0.3) is 22.2 Å². The van der Waals surface area contributed by atoms with Crippen molar-refractivity contribution in [1.82, 2.24) is 4.98 Å². The van der Waals surface area contributed by atoms with Crippen molar-refractivity contribution in [3.63, 3.8) is 0 Å². The normalized spacial score (nSPS) is 10.8. The Kier molecular flexibility index (Phi) is 6.35. The molecular weight excluding hydrogens is 440 g/mol. The molecule has 0 unspecified atom stereocenters. The highest BCUT2D eigenvalue weighted by atomic mass is 35.5. The first-order chi connectivity index (χ1) is 15.0. The smallest absolute Gasteiger partial charge is 0.339 e. The molecule has 4 nitrogen and oxygen atoms in total. The largest absolute Gasteiger partial charge is 0.488 e. The van der Waals surface area contributed by atoms with Gasteiger partial charge in [-0.15, -0.1) is 0 Å². The minimum absolute atomic E-state index is 0.0281. The minimum atomic E-state index is -0.507. The van der Waals surface area contributed by atoms with Gasteiger partial charge in [-0.3, -0.25) is 0 Å². The van der Waals surface area contributed by atoms with E-state index < -0.39 is 5.97 Å². The summed E-state index contributed by atoms with van der Waals surface area (Å²) >= 11 is 11.9. The number of ether oxygens (including phenoxy) is 2. The van der Waals surface area contributed by atoms with Gasteiger partial charge in [-0.25, -0.2) is 14.2 Å². The first kappa shape index (κ1) is 21.1. The lowest BCUT2D eigenvalue weighted by Gasteiger charge is -2.11. The Hall–Kier alpha value is -3.15. The minimum Gasteiger partial charge on any atom is -0.488 e. The van der Waals surface area contributed by atoms with Gasteiger partial charge in [0, 0.05) is 16.0 Å². The van der Waals surface area contributed by atoms with Gasteiger partial charge >= 0.3 is 5.97 Å². The van der Waals surface area contributed by atoms with E-state index >= 15 is 0 Å². The third-order valence-corrected chi connectivity index (χ3v) is 5.07. The Morgan fingerprint density at radius 3 is 2.48 bits per heavy atom. The van der Waals surface area contributed by atoms with E-state index in [-0.39, 0.29) is 19.0 Å². The molecule has 0 spiro atoms. The molecule has 31 heavy (non-hydrogen) atoms. The molecule has 0 N–H and O–H groups in total. The second kappa shape index (κ2) is 9.33. The van der Waals surface area contributed by atoms with Crippen LogP contribution in [0.15, 0.2) is 72.8 Å². The van der Waals surface area contributed by atoms with Gasteiger partial charge in [0.2, 0.25) is 0 Å². The van der Waals surface area contributed by atoms with Crippen LogP contribution in [-0.2, 0) is 4.74 Å². The van der Waals surface area contributed by atoms with Crippen LogP contribution in [-0.4, -0.2) is 24.2 Å². The SMILES string of the molecule is O=C(OCCOc1ccc(Cl)cc1Cl)c1cc(-c2ccc(F)cc2)nc2ccccc12. The van der Waals surface area contributed by atoms with Crippen LogP contribution in [0.5, 0.6) is 5.75 Å². The van der Waals surface area contributed by atoms with Crippen molar-refractivity contribution >= 4 is 40.1 Å². The lowest BCUT2D eigenvalue weighted by atomic mass is 10.0. The molecule has 0 aliphatic carbocycles. The van der Waals surface area contributed by atoms with Crippen molar-refractivity contribution in [2.45, 2.75) is 0 Å². The number of halogens is 3. The Balaban J connectivity index is 1.52. The topological polar surface area (TPSA) is 48.4 Å². The third kappa shape index (κ3) is 4.95. The molecule has 156 valence electrons. The van der Waals surface area contributed by atoms with Crippen LogP contribution in [0.1, 0.15) is 10.4 Å². The summed E-state index contributed by atoms with van der Waals surface area (Å²) in [6, 6.07) is 19.7. The van der Waals surface area contributed by atoms with E-state index in [1.165, 1.54) is 12.1 Å². The van der Waals surface area contributed by atoms with E-state index in [2.05, 4.69) is 4.98 Å². The molecule has 0 aliphatic heterocycles. The number of fused-ring (bicyclic) bond motifs is 1. The summed E-state index contributed by atoms with van der Waals surface area (Å²) in [4.78, 5) is 17.4. The van der Waals surface area contributed by atoms with Gasteiger partial charge < -0.3 is 9.47 Å². The molecule has 0 aliphatic rings. The van der Waals surface area contributed by atoms with E-state index in [9.17, 15) is 9.18 Å². The summed E-state index contributed by atoms with van der Waals surface area (Å²) in [7, 11) is 0. The van der Waals surface area contributed by atoms with E-state index in [0.29, 0.717) is 43.5 Å². The van der Waals surface area contributed by atoms with Gasteiger partial charge in [0.05, 0.1) is 21.8 Å². The zero-order valence-corrected chi connectivity index (χ0v) is 17.7. The number of hydrogen-bond donors (Lipinski definition) is 0. The van der Waals surface area contributed by atoms with Gasteiger partial charge in [0.1, 0.15) is 24.8 Å². The Morgan fingerprint density at radius 1 is 0.935 bits per heavy atom. The molecule has 0 saturated carbocycles. The second-order valence-electron chi connectivity index (χ2n) is 6.64. The molecule has 1 heterocycles. The Labute approximate surface area is 188 Å².